The zero-order valence-corrected chi connectivity index (χ0v) is 12.1. The van der Waals surface area contributed by atoms with Crippen molar-refractivity contribution >= 4 is 34.2 Å². The number of anilines is 1. The van der Waals surface area contributed by atoms with Gasteiger partial charge in [-0.3, -0.25) is 9.78 Å². The highest BCUT2D eigenvalue weighted by Crippen LogP contribution is 2.37. The topological polar surface area (TPSA) is 77.2 Å². The molecule has 1 fully saturated rings. The minimum Gasteiger partial charge on any atom is -0.481 e. The number of aliphatic carboxylic acids is 1. The summed E-state index contributed by atoms with van der Waals surface area (Å²) < 4.78 is 14.0. The molecule has 2 heterocycles. The second kappa shape index (κ2) is 5.43. The van der Waals surface area contributed by atoms with E-state index in [2.05, 4.69) is 4.98 Å². The van der Waals surface area contributed by atoms with Crippen LogP contribution < -0.4 is 4.90 Å². The highest BCUT2D eigenvalue weighted by Gasteiger charge is 2.31. The number of nitriles is 1. The highest BCUT2D eigenvalue weighted by molar-refractivity contribution is 6.36. The summed E-state index contributed by atoms with van der Waals surface area (Å²) >= 11 is 6.18. The molecule has 1 saturated heterocycles. The molecule has 0 saturated carbocycles. The fourth-order valence-corrected chi connectivity index (χ4v) is 3.03. The monoisotopic (exact) mass is 319 g/mol. The van der Waals surface area contributed by atoms with Gasteiger partial charge in [-0.2, -0.15) is 5.26 Å². The Morgan fingerprint density at radius 2 is 2.32 bits per heavy atom. The van der Waals surface area contributed by atoms with Gasteiger partial charge in [-0.1, -0.05) is 11.6 Å². The molecule has 22 heavy (non-hydrogen) atoms. The molecule has 1 aliphatic heterocycles. The molecule has 112 valence electrons. The van der Waals surface area contributed by atoms with E-state index in [-0.39, 0.29) is 22.6 Å². The number of fused-ring (bicyclic) bond motifs is 1. The number of carboxylic acid groups (broad SMARTS) is 1. The predicted molar refractivity (Wildman–Crippen MR) is 79.4 cm³/mol. The largest absolute Gasteiger partial charge is 0.481 e. The molecule has 7 heteroatoms. The fraction of sp³-hybridized carbons (Fsp3) is 0.267. The Balaban J connectivity index is 2.22. The SMILES string of the molecule is N#Cc1cnc2c(F)ccc(Cl)c2c1N1CCC(C(=O)O)C1. The van der Waals surface area contributed by atoms with E-state index < -0.39 is 17.7 Å². The van der Waals surface area contributed by atoms with Crippen molar-refractivity contribution < 1.29 is 14.3 Å². The molecule has 0 radical (unpaired) electrons. The van der Waals surface area contributed by atoms with Crippen LogP contribution in [0.1, 0.15) is 12.0 Å². The predicted octanol–water partition coefficient (Wildman–Crippen LogP) is 2.81. The lowest BCUT2D eigenvalue weighted by Gasteiger charge is -2.22. The normalized spacial score (nSPS) is 17.7. The van der Waals surface area contributed by atoms with Crippen molar-refractivity contribution in [1.29, 1.82) is 5.26 Å². The van der Waals surface area contributed by atoms with Crippen LogP contribution in [0.25, 0.3) is 10.9 Å². The molecule has 2 aromatic rings. The Morgan fingerprint density at radius 1 is 1.55 bits per heavy atom. The van der Waals surface area contributed by atoms with Crippen LogP contribution in [0.5, 0.6) is 0 Å². The molecule has 1 atom stereocenters. The summed E-state index contributed by atoms with van der Waals surface area (Å²) in [6, 6.07) is 4.66. The lowest BCUT2D eigenvalue weighted by molar-refractivity contribution is -0.140. The molecule has 0 amide bonds. The lowest BCUT2D eigenvalue weighted by Crippen LogP contribution is -2.24. The van der Waals surface area contributed by atoms with Crippen LogP contribution in [0.2, 0.25) is 5.02 Å². The fourth-order valence-electron chi connectivity index (χ4n) is 2.79. The highest BCUT2D eigenvalue weighted by atomic mass is 35.5. The number of benzene rings is 1. The lowest BCUT2D eigenvalue weighted by atomic mass is 10.1. The van der Waals surface area contributed by atoms with Gasteiger partial charge in [-0.15, -0.1) is 0 Å². The first-order valence-electron chi connectivity index (χ1n) is 6.67. The third-order valence-corrected chi connectivity index (χ3v) is 4.18. The quantitative estimate of drug-likeness (QED) is 0.921. The van der Waals surface area contributed by atoms with Gasteiger partial charge in [0, 0.05) is 24.7 Å². The van der Waals surface area contributed by atoms with Crippen LogP contribution in [-0.2, 0) is 4.79 Å². The summed E-state index contributed by atoms with van der Waals surface area (Å²) in [4.78, 5) is 16.9. The Morgan fingerprint density at radius 3 is 2.95 bits per heavy atom. The molecule has 1 N–H and O–H groups in total. The van der Waals surface area contributed by atoms with Crippen molar-refractivity contribution in [2.45, 2.75) is 6.42 Å². The van der Waals surface area contributed by atoms with Crippen LogP contribution >= 0.6 is 11.6 Å². The number of aromatic nitrogens is 1. The summed E-state index contributed by atoms with van der Waals surface area (Å²) in [6.45, 7) is 0.730. The second-order valence-corrected chi connectivity index (χ2v) is 5.56. The molecule has 5 nitrogen and oxygen atoms in total. The maximum atomic E-state index is 14.0. The maximum absolute atomic E-state index is 14.0. The van der Waals surface area contributed by atoms with E-state index in [9.17, 15) is 14.4 Å². The number of rotatable bonds is 2. The first-order valence-corrected chi connectivity index (χ1v) is 7.05. The van der Waals surface area contributed by atoms with Crippen molar-refractivity contribution in [3.8, 4) is 6.07 Å². The Bertz CT molecular complexity index is 819. The van der Waals surface area contributed by atoms with E-state index in [4.69, 9.17) is 16.7 Å². The number of pyridine rings is 1. The first kappa shape index (κ1) is 14.5. The van der Waals surface area contributed by atoms with Crippen LogP contribution in [-0.4, -0.2) is 29.1 Å². The van der Waals surface area contributed by atoms with E-state index >= 15 is 0 Å². The summed E-state index contributed by atoms with van der Waals surface area (Å²) in [6.07, 6.45) is 1.77. The third kappa shape index (κ3) is 2.24. The summed E-state index contributed by atoms with van der Waals surface area (Å²) in [5.74, 6) is -1.92. The van der Waals surface area contributed by atoms with Gasteiger partial charge in [0.05, 0.1) is 22.2 Å². The van der Waals surface area contributed by atoms with E-state index in [1.54, 1.807) is 4.90 Å². The van der Waals surface area contributed by atoms with Gasteiger partial charge in [0.1, 0.15) is 17.4 Å². The standard InChI is InChI=1S/C15H11ClFN3O2/c16-10-1-2-11(17)13-12(10)14(9(5-18)6-19-13)20-4-3-8(7-20)15(21)22/h1-2,6,8H,3-4,7H2,(H,21,22). The molecule has 1 aromatic heterocycles. The Kier molecular flexibility index (Phi) is 3.59. The first-order chi connectivity index (χ1) is 10.5. The van der Waals surface area contributed by atoms with Crippen molar-refractivity contribution in [2.24, 2.45) is 5.92 Å². The number of hydrogen-bond donors (Lipinski definition) is 1. The number of carbonyl (C=O) groups is 1. The number of carboxylic acids is 1. The number of halogens is 2. The van der Waals surface area contributed by atoms with Gasteiger partial charge in [-0.05, 0) is 18.6 Å². The van der Waals surface area contributed by atoms with Crippen molar-refractivity contribution in [3.05, 3.63) is 34.7 Å². The summed E-state index contributed by atoms with van der Waals surface area (Å²) in [7, 11) is 0. The average Bonchev–Trinajstić information content (AvgIpc) is 2.99. The Hall–Kier alpha value is -2.39. The zero-order valence-electron chi connectivity index (χ0n) is 11.4. The molecular weight excluding hydrogens is 309 g/mol. The van der Waals surface area contributed by atoms with Crippen molar-refractivity contribution in [2.75, 3.05) is 18.0 Å². The van der Waals surface area contributed by atoms with Gasteiger partial charge in [0.2, 0.25) is 0 Å². The second-order valence-electron chi connectivity index (χ2n) is 5.15. The van der Waals surface area contributed by atoms with Crippen LogP contribution in [0.3, 0.4) is 0 Å². The third-order valence-electron chi connectivity index (χ3n) is 3.87. The molecule has 0 bridgehead atoms. The molecular formula is C15H11ClFN3O2. The van der Waals surface area contributed by atoms with Gasteiger partial charge in [-0.25, -0.2) is 4.39 Å². The van der Waals surface area contributed by atoms with Gasteiger partial charge < -0.3 is 10.0 Å². The molecule has 0 spiro atoms. The van der Waals surface area contributed by atoms with Crippen LogP contribution in [0.4, 0.5) is 10.1 Å². The minimum atomic E-state index is -0.878. The molecule has 0 aliphatic carbocycles. The van der Waals surface area contributed by atoms with Gasteiger partial charge >= 0.3 is 5.97 Å². The molecule has 1 aromatic carbocycles. The van der Waals surface area contributed by atoms with Gasteiger partial charge in [0.15, 0.2) is 0 Å². The summed E-state index contributed by atoms with van der Waals surface area (Å²) in [5, 5.41) is 19.1. The molecule has 1 unspecified atom stereocenters. The maximum Gasteiger partial charge on any atom is 0.308 e. The van der Waals surface area contributed by atoms with E-state index in [1.165, 1.54) is 18.3 Å². The van der Waals surface area contributed by atoms with Gasteiger partial charge in [0.25, 0.3) is 0 Å². The smallest absolute Gasteiger partial charge is 0.308 e. The number of nitrogens with zero attached hydrogens (tertiary/aromatic N) is 3. The molecule has 3 rings (SSSR count). The Labute approximate surface area is 130 Å². The van der Waals surface area contributed by atoms with E-state index in [1.807, 2.05) is 6.07 Å². The van der Waals surface area contributed by atoms with Crippen LogP contribution in [0, 0.1) is 23.1 Å². The minimum absolute atomic E-state index is 0.0836. The van der Waals surface area contributed by atoms with E-state index in [0.717, 1.165) is 0 Å². The number of hydrogen-bond acceptors (Lipinski definition) is 4. The van der Waals surface area contributed by atoms with E-state index in [0.29, 0.717) is 24.0 Å². The summed E-state index contributed by atoms with van der Waals surface area (Å²) in [5.41, 5.74) is 0.798. The average molecular weight is 320 g/mol. The van der Waals surface area contributed by atoms with Crippen LogP contribution in [0.15, 0.2) is 18.3 Å². The van der Waals surface area contributed by atoms with Crippen molar-refractivity contribution in [3.63, 3.8) is 0 Å². The zero-order chi connectivity index (χ0) is 15.9. The molecule has 1 aliphatic rings. The van der Waals surface area contributed by atoms with Crippen molar-refractivity contribution in [1.82, 2.24) is 4.98 Å².